The van der Waals surface area contributed by atoms with Crippen LogP contribution in [-0.4, -0.2) is 74.9 Å². The van der Waals surface area contributed by atoms with Gasteiger partial charge in [0.25, 0.3) is 0 Å². The maximum absolute atomic E-state index is 11.9. The smallest absolute Gasteiger partial charge is 0.303 e. The molecule has 0 saturated carbocycles. The van der Waals surface area contributed by atoms with Gasteiger partial charge >= 0.3 is 23.9 Å². The van der Waals surface area contributed by atoms with E-state index in [0.29, 0.717) is 6.42 Å². The molecule has 1 heterocycles. The lowest BCUT2D eigenvalue weighted by Crippen LogP contribution is -2.63. The molecule has 1 fully saturated rings. The minimum absolute atomic E-state index is 0.260. The van der Waals surface area contributed by atoms with Gasteiger partial charge in [-0.3, -0.25) is 19.2 Å². The highest BCUT2D eigenvalue weighted by molar-refractivity contribution is 5.68. The zero-order chi connectivity index (χ0) is 27.4. The van der Waals surface area contributed by atoms with E-state index in [0.717, 1.165) is 25.0 Å². The van der Waals surface area contributed by atoms with Crippen LogP contribution in [0.4, 0.5) is 0 Å². The Morgan fingerprint density at radius 3 is 1.92 bits per heavy atom. The van der Waals surface area contributed by atoms with E-state index in [9.17, 15) is 19.2 Å². The second kappa shape index (κ2) is 15.2. The van der Waals surface area contributed by atoms with Crippen LogP contribution in [0.1, 0.15) is 52.5 Å². The van der Waals surface area contributed by atoms with Crippen LogP contribution in [0.3, 0.4) is 0 Å². The number of hydrogen-bond donors (Lipinski definition) is 0. The second-order valence-electron chi connectivity index (χ2n) is 8.60. The largest absolute Gasteiger partial charge is 0.497 e. The molecule has 1 aromatic rings. The predicted octanol–water partition coefficient (Wildman–Crippen LogP) is 2.51. The fraction of sp³-hybridized carbons (Fsp3) is 0.615. The zero-order valence-corrected chi connectivity index (χ0v) is 21.9. The summed E-state index contributed by atoms with van der Waals surface area (Å²) in [4.78, 5) is 46.9. The third kappa shape index (κ3) is 10.4. The fourth-order valence-electron chi connectivity index (χ4n) is 3.92. The van der Waals surface area contributed by atoms with Gasteiger partial charge in [-0.05, 0) is 37.0 Å². The summed E-state index contributed by atoms with van der Waals surface area (Å²) in [5, 5.41) is 0. The predicted molar refractivity (Wildman–Crippen MR) is 128 cm³/mol. The molecule has 5 atom stereocenters. The van der Waals surface area contributed by atoms with Crippen molar-refractivity contribution in [2.45, 2.75) is 84.1 Å². The van der Waals surface area contributed by atoms with E-state index in [1.54, 1.807) is 7.11 Å². The Morgan fingerprint density at radius 2 is 1.35 bits per heavy atom. The van der Waals surface area contributed by atoms with E-state index in [2.05, 4.69) is 0 Å². The molecule has 0 aliphatic carbocycles. The lowest BCUT2D eigenvalue weighted by molar-refractivity contribution is -0.308. The molecule has 11 heteroatoms. The van der Waals surface area contributed by atoms with E-state index in [1.165, 1.54) is 33.3 Å². The number of carbonyl (C=O) groups excluding carboxylic acids is 4. The van der Waals surface area contributed by atoms with Crippen LogP contribution < -0.4 is 4.74 Å². The molecule has 11 nitrogen and oxygen atoms in total. The van der Waals surface area contributed by atoms with Crippen LogP contribution in [0.2, 0.25) is 0 Å². The molecule has 0 bridgehead atoms. The summed E-state index contributed by atoms with van der Waals surface area (Å²) in [6.45, 7) is 4.71. The molecular weight excluding hydrogens is 488 g/mol. The minimum Gasteiger partial charge on any atom is -0.497 e. The van der Waals surface area contributed by atoms with E-state index in [1.807, 2.05) is 24.3 Å². The number of benzene rings is 1. The van der Waals surface area contributed by atoms with Gasteiger partial charge in [-0.15, -0.1) is 0 Å². The average Bonchev–Trinajstić information content (AvgIpc) is 2.83. The number of hydrogen-bond acceptors (Lipinski definition) is 11. The normalized spacial score (nSPS) is 23.0. The molecule has 1 aliphatic rings. The van der Waals surface area contributed by atoms with Crippen molar-refractivity contribution in [3.05, 3.63) is 29.8 Å². The van der Waals surface area contributed by atoms with Crippen molar-refractivity contribution in [2.75, 3.05) is 20.3 Å². The number of aryl methyl sites for hydroxylation is 1. The number of methoxy groups -OCH3 is 1. The summed E-state index contributed by atoms with van der Waals surface area (Å²) in [6.07, 6.45) is -2.46. The summed E-state index contributed by atoms with van der Waals surface area (Å²) < 4.78 is 38.1. The average molecular weight is 525 g/mol. The van der Waals surface area contributed by atoms with Crippen LogP contribution in [-0.2, 0) is 54.0 Å². The van der Waals surface area contributed by atoms with Crippen LogP contribution in [0.5, 0.6) is 5.75 Å². The standard InChI is InChI=1S/C26H36O11/c1-16(27)33-15-22-23(34-17(2)28)24(35-18(3)29)25(36-19(4)30)26(37-22)32-14-8-6-7-9-20-10-12-21(31-5)13-11-20/h10-13,22-26H,6-9,14-15H2,1-5H3. The van der Waals surface area contributed by atoms with Crippen LogP contribution >= 0.6 is 0 Å². The summed E-state index contributed by atoms with van der Waals surface area (Å²) in [5.41, 5.74) is 1.20. The first kappa shape index (κ1) is 30.0. The van der Waals surface area contributed by atoms with Gasteiger partial charge in [-0.2, -0.15) is 0 Å². The number of rotatable bonds is 13. The zero-order valence-electron chi connectivity index (χ0n) is 21.9. The summed E-state index contributed by atoms with van der Waals surface area (Å²) >= 11 is 0. The Hall–Kier alpha value is -3.18. The molecule has 206 valence electrons. The number of ether oxygens (including phenoxy) is 7. The molecule has 1 aromatic carbocycles. The summed E-state index contributed by atoms with van der Waals surface area (Å²) in [7, 11) is 1.63. The monoisotopic (exact) mass is 524 g/mol. The Bertz CT molecular complexity index is 898. The third-order valence-corrected chi connectivity index (χ3v) is 5.50. The van der Waals surface area contributed by atoms with Gasteiger partial charge in [-0.25, -0.2) is 0 Å². The van der Waals surface area contributed by atoms with Gasteiger partial charge in [0.15, 0.2) is 24.6 Å². The van der Waals surface area contributed by atoms with Crippen molar-refractivity contribution < 1.29 is 52.3 Å². The maximum atomic E-state index is 11.9. The van der Waals surface area contributed by atoms with Crippen molar-refractivity contribution in [1.29, 1.82) is 0 Å². The second-order valence-corrected chi connectivity index (χ2v) is 8.60. The van der Waals surface area contributed by atoms with Crippen molar-refractivity contribution in [2.24, 2.45) is 0 Å². The minimum atomic E-state index is -1.24. The fourth-order valence-corrected chi connectivity index (χ4v) is 3.92. The van der Waals surface area contributed by atoms with Gasteiger partial charge in [0.1, 0.15) is 18.5 Å². The van der Waals surface area contributed by atoms with Crippen molar-refractivity contribution >= 4 is 23.9 Å². The molecule has 0 amide bonds. The van der Waals surface area contributed by atoms with E-state index < -0.39 is 54.6 Å². The van der Waals surface area contributed by atoms with Crippen molar-refractivity contribution in [3.8, 4) is 5.75 Å². The van der Waals surface area contributed by atoms with Gasteiger partial charge in [0.2, 0.25) is 0 Å². The molecular formula is C26H36O11. The van der Waals surface area contributed by atoms with Crippen LogP contribution in [0.15, 0.2) is 24.3 Å². The maximum Gasteiger partial charge on any atom is 0.303 e. The number of unbranched alkanes of at least 4 members (excludes halogenated alkanes) is 2. The molecule has 1 saturated heterocycles. The van der Waals surface area contributed by atoms with E-state index in [4.69, 9.17) is 33.2 Å². The highest BCUT2D eigenvalue weighted by Gasteiger charge is 2.52. The Kier molecular flexibility index (Phi) is 12.3. The molecule has 0 N–H and O–H groups in total. The Morgan fingerprint density at radius 1 is 0.757 bits per heavy atom. The lowest BCUT2D eigenvalue weighted by atomic mass is 9.98. The topological polar surface area (TPSA) is 133 Å². The summed E-state index contributed by atoms with van der Waals surface area (Å²) in [6, 6.07) is 7.88. The van der Waals surface area contributed by atoms with Gasteiger partial charge in [0, 0.05) is 34.3 Å². The molecule has 0 aromatic heterocycles. The lowest BCUT2D eigenvalue weighted by Gasteiger charge is -2.44. The Balaban J connectivity index is 2.05. The van der Waals surface area contributed by atoms with Gasteiger partial charge in [0.05, 0.1) is 7.11 Å². The highest BCUT2D eigenvalue weighted by atomic mass is 16.7. The number of carbonyl (C=O) groups is 4. The summed E-state index contributed by atoms with van der Waals surface area (Å²) in [5.74, 6) is -1.81. The molecule has 1 aliphatic heterocycles. The molecule has 37 heavy (non-hydrogen) atoms. The first-order chi connectivity index (χ1) is 17.6. The van der Waals surface area contributed by atoms with E-state index >= 15 is 0 Å². The van der Waals surface area contributed by atoms with Crippen LogP contribution in [0, 0.1) is 0 Å². The third-order valence-electron chi connectivity index (χ3n) is 5.50. The molecule has 5 unspecified atom stereocenters. The number of esters is 4. The van der Waals surface area contributed by atoms with Gasteiger partial charge < -0.3 is 33.2 Å². The van der Waals surface area contributed by atoms with Crippen LogP contribution in [0.25, 0.3) is 0 Å². The highest BCUT2D eigenvalue weighted by Crippen LogP contribution is 2.30. The molecule has 2 rings (SSSR count). The quantitative estimate of drug-likeness (QED) is 0.214. The first-order valence-corrected chi connectivity index (χ1v) is 12.2. The Labute approximate surface area is 216 Å². The molecule has 0 spiro atoms. The van der Waals surface area contributed by atoms with Crippen molar-refractivity contribution in [1.82, 2.24) is 0 Å². The van der Waals surface area contributed by atoms with Gasteiger partial charge in [-0.1, -0.05) is 18.6 Å². The van der Waals surface area contributed by atoms with Crippen molar-refractivity contribution in [3.63, 3.8) is 0 Å². The first-order valence-electron chi connectivity index (χ1n) is 12.2. The molecule has 0 radical (unpaired) electrons. The van der Waals surface area contributed by atoms with E-state index in [-0.39, 0.29) is 13.2 Å². The SMILES string of the molecule is COc1ccc(CCCCCOC2OC(COC(C)=O)C(OC(C)=O)C(OC(C)=O)C2OC(C)=O)cc1.